The van der Waals surface area contributed by atoms with Crippen LogP contribution >= 0.6 is 0 Å². The maximum absolute atomic E-state index is 10.5. The van der Waals surface area contributed by atoms with E-state index < -0.39 is 10.9 Å². The van der Waals surface area contributed by atoms with Crippen molar-refractivity contribution in [2.24, 2.45) is 5.92 Å². The van der Waals surface area contributed by atoms with E-state index in [1.807, 2.05) is 6.92 Å². The topological polar surface area (TPSA) is 89.7 Å². The predicted octanol–water partition coefficient (Wildman–Crippen LogP) is 2.86. The van der Waals surface area contributed by atoms with Crippen molar-refractivity contribution in [3.8, 4) is 5.75 Å². The minimum atomic E-state index is -0.788. The van der Waals surface area contributed by atoms with Crippen LogP contribution in [0.1, 0.15) is 26.2 Å². The van der Waals surface area contributed by atoms with Gasteiger partial charge in [0, 0.05) is 18.6 Å². The summed E-state index contributed by atoms with van der Waals surface area (Å²) in [5, 5.41) is 19.0. The lowest BCUT2D eigenvalue weighted by Gasteiger charge is -2.12. The molecule has 0 heterocycles. The van der Waals surface area contributed by atoms with Crippen LogP contribution in [0.15, 0.2) is 24.3 Å². The van der Waals surface area contributed by atoms with Crippen LogP contribution in [0.5, 0.6) is 5.75 Å². The number of carbonyl (C=O) groups is 1. The monoisotopic (exact) mass is 267 g/mol. The van der Waals surface area contributed by atoms with Crippen LogP contribution < -0.4 is 4.74 Å². The molecule has 1 aromatic carbocycles. The summed E-state index contributed by atoms with van der Waals surface area (Å²) in [5.41, 5.74) is 0.0295. The molecule has 6 nitrogen and oxygen atoms in total. The number of carboxylic acid groups (broad SMARTS) is 1. The quantitative estimate of drug-likeness (QED) is 0.577. The molecule has 0 amide bonds. The largest absolute Gasteiger partial charge is 0.493 e. The average Bonchev–Trinajstić information content (AvgIpc) is 2.36. The van der Waals surface area contributed by atoms with E-state index in [-0.39, 0.29) is 18.0 Å². The maximum Gasteiger partial charge on any atom is 0.303 e. The number of nitrogens with zero attached hydrogens (tertiary/aromatic N) is 1. The molecule has 1 rings (SSSR count). The van der Waals surface area contributed by atoms with Crippen molar-refractivity contribution in [1.82, 2.24) is 0 Å². The van der Waals surface area contributed by atoms with Gasteiger partial charge in [-0.25, -0.2) is 0 Å². The van der Waals surface area contributed by atoms with E-state index in [1.54, 1.807) is 12.1 Å². The summed E-state index contributed by atoms with van der Waals surface area (Å²) in [6, 6.07) is 5.90. The second kappa shape index (κ2) is 7.35. The zero-order valence-electron chi connectivity index (χ0n) is 10.7. The van der Waals surface area contributed by atoms with Gasteiger partial charge in [-0.1, -0.05) is 6.92 Å². The van der Waals surface area contributed by atoms with Crippen LogP contribution in [0.2, 0.25) is 0 Å². The minimum Gasteiger partial charge on any atom is -0.493 e. The first-order valence-electron chi connectivity index (χ1n) is 6.08. The van der Waals surface area contributed by atoms with E-state index >= 15 is 0 Å². The van der Waals surface area contributed by atoms with Crippen molar-refractivity contribution < 1.29 is 19.6 Å². The molecule has 0 radical (unpaired) electrons. The molecule has 0 aliphatic carbocycles. The third-order valence-electron chi connectivity index (χ3n) is 2.67. The first-order valence-corrected chi connectivity index (χ1v) is 6.08. The summed E-state index contributed by atoms with van der Waals surface area (Å²) in [7, 11) is 0. The third kappa shape index (κ3) is 5.85. The van der Waals surface area contributed by atoms with E-state index in [2.05, 4.69) is 0 Å². The van der Waals surface area contributed by atoms with Gasteiger partial charge in [0.05, 0.1) is 11.5 Å². The summed E-state index contributed by atoms with van der Waals surface area (Å²) in [4.78, 5) is 20.4. The second-order valence-corrected chi connectivity index (χ2v) is 4.45. The molecule has 1 N–H and O–H groups in total. The van der Waals surface area contributed by atoms with Crippen molar-refractivity contribution in [2.45, 2.75) is 26.2 Å². The van der Waals surface area contributed by atoms with Gasteiger partial charge in [0.15, 0.2) is 0 Å². The van der Waals surface area contributed by atoms with Gasteiger partial charge in [0.2, 0.25) is 0 Å². The molecule has 0 spiro atoms. The first kappa shape index (κ1) is 14.9. The Morgan fingerprint density at radius 3 is 2.58 bits per heavy atom. The lowest BCUT2D eigenvalue weighted by Crippen LogP contribution is -2.09. The molecule has 1 atom stereocenters. The predicted molar refractivity (Wildman–Crippen MR) is 69.2 cm³/mol. The van der Waals surface area contributed by atoms with Gasteiger partial charge >= 0.3 is 5.97 Å². The van der Waals surface area contributed by atoms with Crippen LogP contribution in [-0.4, -0.2) is 22.6 Å². The fourth-order valence-corrected chi connectivity index (χ4v) is 1.59. The van der Waals surface area contributed by atoms with Gasteiger partial charge in [-0.3, -0.25) is 14.9 Å². The zero-order chi connectivity index (χ0) is 14.3. The maximum atomic E-state index is 10.5. The SMILES string of the molecule is CC(CCCC(=O)O)COc1ccc([N+](=O)[O-])cc1. The average molecular weight is 267 g/mol. The number of aliphatic carboxylic acids is 1. The van der Waals surface area contributed by atoms with E-state index in [9.17, 15) is 14.9 Å². The van der Waals surface area contributed by atoms with Crippen LogP contribution in [0, 0.1) is 16.0 Å². The molecule has 0 aliphatic heterocycles. The van der Waals surface area contributed by atoms with Gasteiger partial charge in [0.25, 0.3) is 5.69 Å². The molecule has 6 heteroatoms. The van der Waals surface area contributed by atoms with E-state index in [4.69, 9.17) is 9.84 Å². The summed E-state index contributed by atoms with van der Waals surface area (Å²) >= 11 is 0. The molecule has 0 saturated carbocycles. The Bertz CT molecular complexity index is 429. The molecule has 0 saturated heterocycles. The standard InChI is InChI=1S/C13H17NO5/c1-10(3-2-4-13(15)16)9-19-12-7-5-11(6-8-12)14(17)18/h5-8,10H,2-4,9H2,1H3,(H,15,16). The Morgan fingerprint density at radius 1 is 1.42 bits per heavy atom. The molecule has 104 valence electrons. The van der Waals surface area contributed by atoms with Gasteiger partial charge < -0.3 is 9.84 Å². The summed E-state index contributed by atoms with van der Waals surface area (Å²) in [6.07, 6.45) is 1.57. The molecule has 0 aliphatic rings. The molecule has 0 bridgehead atoms. The van der Waals surface area contributed by atoms with Crippen LogP contribution in [-0.2, 0) is 4.79 Å². The molecule has 0 aromatic heterocycles. The molecule has 1 aromatic rings. The normalized spacial score (nSPS) is 11.8. The van der Waals surface area contributed by atoms with Gasteiger partial charge in [-0.05, 0) is 30.9 Å². The van der Waals surface area contributed by atoms with Crippen LogP contribution in [0.25, 0.3) is 0 Å². The van der Waals surface area contributed by atoms with E-state index in [1.165, 1.54) is 12.1 Å². The van der Waals surface area contributed by atoms with E-state index in [0.29, 0.717) is 18.8 Å². The number of hydrogen-bond donors (Lipinski definition) is 1. The Balaban J connectivity index is 2.31. The highest BCUT2D eigenvalue weighted by atomic mass is 16.6. The van der Waals surface area contributed by atoms with Crippen molar-refractivity contribution in [3.05, 3.63) is 34.4 Å². The number of ether oxygens (including phenoxy) is 1. The Kier molecular flexibility index (Phi) is 5.78. The number of carboxylic acids is 1. The first-order chi connectivity index (χ1) is 8.99. The molecule has 1 unspecified atom stereocenters. The zero-order valence-corrected chi connectivity index (χ0v) is 10.7. The number of rotatable bonds is 8. The summed E-state index contributed by atoms with van der Waals surface area (Å²) in [6.45, 7) is 2.45. The lowest BCUT2D eigenvalue weighted by atomic mass is 10.1. The van der Waals surface area contributed by atoms with Crippen molar-refractivity contribution in [3.63, 3.8) is 0 Å². The van der Waals surface area contributed by atoms with Crippen LogP contribution in [0.4, 0.5) is 5.69 Å². The van der Waals surface area contributed by atoms with E-state index in [0.717, 1.165) is 6.42 Å². The Hall–Kier alpha value is -2.11. The third-order valence-corrected chi connectivity index (χ3v) is 2.67. The number of non-ortho nitro benzene ring substituents is 1. The molecule has 0 fully saturated rings. The highest BCUT2D eigenvalue weighted by molar-refractivity contribution is 5.66. The van der Waals surface area contributed by atoms with Crippen LogP contribution in [0.3, 0.4) is 0 Å². The lowest BCUT2D eigenvalue weighted by molar-refractivity contribution is -0.384. The Labute approximate surface area is 111 Å². The number of benzene rings is 1. The van der Waals surface area contributed by atoms with Crippen molar-refractivity contribution >= 4 is 11.7 Å². The smallest absolute Gasteiger partial charge is 0.303 e. The number of nitro benzene ring substituents is 1. The fraction of sp³-hybridized carbons (Fsp3) is 0.462. The number of hydrogen-bond acceptors (Lipinski definition) is 4. The Morgan fingerprint density at radius 2 is 2.05 bits per heavy atom. The highest BCUT2D eigenvalue weighted by Crippen LogP contribution is 2.18. The van der Waals surface area contributed by atoms with Crippen molar-refractivity contribution in [2.75, 3.05) is 6.61 Å². The highest BCUT2D eigenvalue weighted by Gasteiger charge is 2.07. The van der Waals surface area contributed by atoms with Gasteiger partial charge in [0.1, 0.15) is 5.75 Å². The summed E-state index contributed by atoms with van der Waals surface area (Å²) < 4.78 is 5.49. The molecular weight excluding hydrogens is 250 g/mol. The molecule has 19 heavy (non-hydrogen) atoms. The van der Waals surface area contributed by atoms with Gasteiger partial charge in [-0.2, -0.15) is 0 Å². The minimum absolute atomic E-state index is 0.0295. The number of nitro groups is 1. The van der Waals surface area contributed by atoms with Gasteiger partial charge in [-0.15, -0.1) is 0 Å². The fourth-order valence-electron chi connectivity index (χ4n) is 1.59. The van der Waals surface area contributed by atoms with Crippen molar-refractivity contribution in [1.29, 1.82) is 0 Å². The molecular formula is C13H17NO5. The summed E-state index contributed by atoms with van der Waals surface area (Å²) in [5.74, 6) is 0.0358. The second-order valence-electron chi connectivity index (χ2n) is 4.45.